The first-order valence-electron chi connectivity index (χ1n) is 4.24. The highest BCUT2D eigenvalue weighted by atomic mass is 15.4. The van der Waals surface area contributed by atoms with Crippen LogP contribution < -0.4 is 5.43 Å². The van der Waals surface area contributed by atoms with Crippen LogP contribution in [0.25, 0.3) is 0 Å². The fraction of sp³-hybridized carbons (Fsp3) is 0.625. The molecular formula is C8H13N4. The molecule has 2 aliphatic rings. The number of amidine groups is 1. The van der Waals surface area contributed by atoms with Gasteiger partial charge in [-0.05, 0) is 7.05 Å². The van der Waals surface area contributed by atoms with Crippen molar-refractivity contribution in [2.24, 2.45) is 5.10 Å². The van der Waals surface area contributed by atoms with E-state index in [9.17, 15) is 0 Å². The zero-order valence-corrected chi connectivity index (χ0v) is 7.27. The van der Waals surface area contributed by atoms with Crippen molar-refractivity contribution in [2.45, 2.75) is 0 Å². The van der Waals surface area contributed by atoms with E-state index in [0.717, 1.165) is 32.0 Å². The van der Waals surface area contributed by atoms with Crippen molar-refractivity contribution in [1.82, 2.24) is 15.2 Å². The zero-order chi connectivity index (χ0) is 8.39. The molecule has 4 nitrogen and oxygen atoms in total. The maximum Gasteiger partial charge on any atom is 0.152 e. The molecule has 0 amide bonds. The maximum absolute atomic E-state index is 4.02. The van der Waals surface area contributed by atoms with E-state index in [1.807, 2.05) is 6.08 Å². The lowest BCUT2D eigenvalue weighted by Crippen LogP contribution is -2.46. The van der Waals surface area contributed by atoms with Gasteiger partial charge in [-0.2, -0.15) is 5.43 Å². The van der Waals surface area contributed by atoms with E-state index in [4.69, 9.17) is 0 Å². The first-order valence-corrected chi connectivity index (χ1v) is 4.24. The Hall–Kier alpha value is -1.03. The fourth-order valence-corrected chi connectivity index (χ4v) is 1.43. The van der Waals surface area contributed by atoms with Crippen molar-refractivity contribution in [3.63, 3.8) is 0 Å². The Morgan fingerprint density at radius 3 is 2.58 bits per heavy atom. The Morgan fingerprint density at radius 1 is 1.25 bits per heavy atom. The summed E-state index contributed by atoms with van der Waals surface area (Å²) in [6, 6.07) is 0. The second-order valence-electron chi connectivity index (χ2n) is 3.18. The lowest BCUT2D eigenvalue weighted by atomic mass is 10.3. The van der Waals surface area contributed by atoms with Gasteiger partial charge in [0.2, 0.25) is 0 Å². The molecule has 2 aliphatic heterocycles. The lowest BCUT2D eigenvalue weighted by molar-refractivity contribution is 0.216. The summed E-state index contributed by atoms with van der Waals surface area (Å²) in [4.78, 5) is 4.60. The van der Waals surface area contributed by atoms with E-state index in [2.05, 4.69) is 27.4 Å². The van der Waals surface area contributed by atoms with Gasteiger partial charge in [-0.1, -0.05) is 0 Å². The average molecular weight is 165 g/mol. The monoisotopic (exact) mass is 165 g/mol. The normalized spacial score (nSPS) is 24.1. The molecule has 0 aliphatic carbocycles. The third-order valence-corrected chi connectivity index (χ3v) is 2.28. The van der Waals surface area contributed by atoms with Gasteiger partial charge in [0, 0.05) is 32.3 Å². The number of piperazine rings is 1. The minimum Gasteiger partial charge on any atom is -0.353 e. The number of hydrogen-bond donors (Lipinski definition) is 0. The molecule has 0 spiro atoms. The summed E-state index contributed by atoms with van der Waals surface area (Å²) < 4.78 is 0. The number of hydrogen-bond acceptors (Lipinski definition) is 3. The molecule has 12 heavy (non-hydrogen) atoms. The van der Waals surface area contributed by atoms with Gasteiger partial charge < -0.3 is 9.80 Å². The average Bonchev–Trinajstić information content (AvgIpc) is 2.58. The van der Waals surface area contributed by atoms with Crippen LogP contribution in [0.15, 0.2) is 17.4 Å². The predicted octanol–water partition coefficient (Wildman–Crippen LogP) is -0.321. The molecule has 1 radical (unpaired) electrons. The second kappa shape index (κ2) is 3.15. The molecule has 2 heterocycles. The number of nitrogens with zero attached hydrogens (tertiary/aromatic N) is 4. The smallest absolute Gasteiger partial charge is 0.152 e. The van der Waals surface area contributed by atoms with Gasteiger partial charge in [-0.3, -0.25) is 0 Å². The number of likely N-dealkylation sites (N-methyl/N-ethyl adjacent to an activating group) is 1. The van der Waals surface area contributed by atoms with Crippen LogP contribution in [-0.4, -0.2) is 48.9 Å². The van der Waals surface area contributed by atoms with E-state index < -0.39 is 0 Å². The van der Waals surface area contributed by atoms with Gasteiger partial charge in [0.05, 0.1) is 6.20 Å². The largest absolute Gasteiger partial charge is 0.353 e. The van der Waals surface area contributed by atoms with Crippen molar-refractivity contribution < 1.29 is 0 Å². The predicted molar refractivity (Wildman–Crippen MR) is 47.8 cm³/mol. The lowest BCUT2D eigenvalue weighted by Gasteiger charge is -2.32. The Labute approximate surface area is 72.5 Å². The molecule has 0 atom stereocenters. The standard InChI is InChI=1S/C8H13N4/c1-11-4-6-12(7-5-11)8-2-3-9-10-8/h2-3H,4-7H2,1H3. The molecule has 0 saturated carbocycles. The highest BCUT2D eigenvalue weighted by Crippen LogP contribution is 2.03. The first kappa shape index (κ1) is 7.61. The van der Waals surface area contributed by atoms with Crippen LogP contribution in [0.3, 0.4) is 0 Å². The molecular weight excluding hydrogens is 152 g/mol. The minimum atomic E-state index is 1.02. The third-order valence-electron chi connectivity index (χ3n) is 2.28. The quantitative estimate of drug-likeness (QED) is 0.493. The Balaban J connectivity index is 1.93. The summed E-state index contributed by atoms with van der Waals surface area (Å²) in [5.74, 6) is 1.02. The fourth-order valence-electron chi connectivity index (χ4n) is 1.43. The Morgan fingerprint density at radius 2 is 2.00 bits per heavy atom. The highest BCUT2D eigenvalue weighted by Gasteiger charge is 2.17. The van der Waals surface area contributed by atoms with Crippen LogP contribution in [0.4, 0.5) is 0 Å². The van der Waals surface area contributed by atoms with Crippen LogP contribution >= 0.6 is 0 Å². The van der Waals surface area contributed by atoms with Crippen LogP contribution in [0.5, 0.6) is 0 Å². The van der Waals surface area contributed by atoms with Gasteiger partial charge in [-0.15, -0.1) is 5.10 Å². The molecule has 65 valence electrons. The van der Waals surface area contributed by atoms with Gasteiger partial charge in [-0.25, -0.2) is 0 Å². The minimum absolute atomic E-state index is 1.02. The molecule has 0 aromatic heterocycles. The summed E-state index contributed by atoms with van der Waals surface area (Å²) in [5, 5.41) is 4.02. The summed E-state index contributed by atoms with van der Waals surface area (Å²) in [6.07, 6.45) is 3.71. The summed E-state index contributed by atoms with van der Waals surface area (Å²) >= 11 is 0. The molecule has 2 rings (SSSR count). The SMILES string of the molecule is CN1CCN(C2=N[N]C=C2)CC1. The van der Waals surface area contributed by atoms with Crippen molar-refractivity contribution >= 4 is 5.84 Å². The molecule has 1 saturated heterocycles. The summed E-state index contributed by atoms with van der Waals surface area (Å²) in [7, 11) is 2.15. The Kier molecular flexibility index (Phi) is 1.99. The van der Waals surface area contributed by atoms with Crippen molar-refractivity contribution in [3.8, 4) is 0 Å². The first-order chi connectivity index (χ1) is 5.86. The molecule has 0 unspecified atom stereocenters. The maximum atomic E-state index is 4.02. The van der Waals surface area contributed by atoms with E-state index >= 15 is 0 Å². The Bertz CT molecular complexity index is 213. The van der Waals surface area contributed by atoms with Gasteiger partial charge in [0.1, 0.15) is 0 Å². The summed E-state index contributed by atoms with van der Waals surface area (Å²) in [6.45, 7) is 4.37. The van der Waals surface area contributed by atoms with Crippen LogP contribution in [0.1, 0.15) is 0 Å². The van der Waals surface area contributed by atoms with Gasteiger partial charge >= 0.3 is 0 Å². The molecule has 1 fully saturated rings. The topological polar surface area (TPSA) is 32.9 Å². The molecule has 0 aromatic rings. The number of rotatable bonds is 0. The highest BCUT2D eigenvalue weighted by molar-refractivity contribution is 5.94. The second-order valence-corrected chi connectivity index (χ2v) is 3.18. The zero-order valence-electron chi connectivity index (χ0n) is 7.27. The van der Waals surface area contributed by atoms with Crippen LogP contribution in [0.2, 0.25) is 0 Å². The van der Waals surface area contributed by atoms with Gasteiger partial charge in [0.15, 0.2) is 5.84 Å². The van der Waals surface area contributed by atoms with Crippen molar-refractivity contribution in [3.05, 3.63) is 12.3 Å². The van der Waals surface area contributed by atoms with E-state index in [-0.39, 0.29) is 0 Å². The van der Waals surface area contributed by atoms with Crippen LogP contribution in [-0.2, 0) is 0 Å². The van der Waals surface area contributed by atoms with E-state index in [1.54, 1.807) is 6.20 Å². The molecule has 0 N–H and O–H groups in total. The molecule has 0 bridgehead atoms. The molecule has 0 aromatic carbocycles. The summed E-state index contributed by atoms with van der Waals surface area (Å²) in [5.41, 5.74) is 3.81. The van der Waals surface area contributed by atoms with Crippen molar-refractivity contribution in [1.29, 1.82) is 0 Å². The van der Waals surface area contributed by atoms with Crippen molar-refractivity contribution in [2.75, 3.05) is 33.2 Å². The van der Waals surface area contributed by atoms with Crippen LogP contribution in [0, 0.1) is 0 Å². The third kappa shape index (κ3) is 1.43. The molecule has 4 heteroatoms. The van der Waals surface area contributed by atoms with E-state index in [0.29, 0.717) is 0 Å². The van der Waals surface area contributed by atoms with Gasteiger partial charge in [0.25, 0.3) is 0 Å². The van der Waals surface area contributed by atoms with E-state index in [1.165, 1.54) is 0 Å².